The second-order valence-corrected chi connectivity index (χ2v) is 6.80. The Balaban J connectivity index is 1.67. The van der Waals surface area contributed by atoms with Gasteiger partial charge in [-0.15, -0.1) is 0 Å². The first kappa shape index (κ1) is 11.3. The molecule has 0 atom stereocenters. The van der Waals surface area contributed by atoms with Gasteiger partial charge in [0.2, 0.25) is 0 Å². The van der Waals surface area contributed by atoms with Crippen LogP contribution in [0.5, 0.6) is 0 Å². The predicted octanol–water partition coefficient (Wildman–Crippen LogP) is 2.50. The molecule has 2 nitrogen and oxygen atoms in total. The Labute approximate surface area is 105 Å². The molecule has 1 aromatic rings. The Hall–Kier alpha value is -0.830. The van der Waals surface area contributed by atoms with E-state index in [9.17, 15) is 4.21 Å². The van der Waals surface area contributed by atoms with Gasteiger partial charge < -0.3 is 5.32 Å². The van der Waals surface area contributed by atoms with E-state index in [4.69, 9.17) is 0 Å². The molecule has 1 aromatic carbocycles. The van der Waals surface area contributed by atoms with E-state index in [2.05, 4.69) is 23.5 Å². The highest BCUT2D eigenvalue weighted by Gasteiger charge is 2.18. The summed E-state index contributed by atoms with van der Waals surface area (Å²) in [5.41, 5.74) is 4.30. The smallest absolute Gasteiger partial charge is 0.0345 e. The number of fused-ring (bicyclic) bond motifs is 1. The first-order valence-corrected chi connectivity index (χ1v) is 8.03. The molecule has 0 unspecified atom stereocenters. The van der Waals surface area contributed by atoms with E-state index in [1.165, 1.54) is 36.1 Å². The van der Waals surface area contributed by atoms with E-state index in [1.54, 1.807) is 0 Å². The topological polar surface area (TPSA) is 29.1 Å². The van der Waals surface area contributed by atoms with Gasteiger partial charge in [0.15, 0.2) is 0 Å². The average molecular weight is 249 g/mol. The molecule has 0 bridgehead atoms. The molecule has 0 radical (unpaired) electrons. The zero-order valence-corrected chi connectivity index (χ0v) is 10.9. The number of hydrogen-bond acceptors (Lipinski definition) is 2. The monoisotopic (exact) mass is 249 g/mol. The molecule has 1 N–H and O–H groups in total. The average Bonchev–Trinajstić information content (AvgIpc) is 2.79. The van der Waals surface area contributed by atoms with Crippen molar-refractivity contribution in [2.45, 2.75) is 38.1 Å². The summed E-state index contributed by atoms with van der Waals surface area (Å²) in [6.07, 6.45) is 5.88. The highest BCUT2D eigenvalue weighted by atomic mass is 32.2. The van der Waals surface area contributed by atoms with Crippen LogP contribution in [0.1, 0.15) is 30.4 Å². The van der Waals surface area contributed by atoms with E-state index < -0.39 is 10.8 Å². The van der Waals surface area contributed by atoms with Gasteiger partial charge in [-0.3, -0.25) is 4.21 Å². The molecule has 0 spiro atoms. The Morgan fingerprint density at radius 3 is 2.71 bits per heavy atom. The van der Waals surface area contributed by atoms with Crippen LogP contribution in [-0.4, -0.2) is 21.8 Å². The zero-order chi connectivity index (χ0) is 11.7. The third-order valence-corrected chi connectivity index (χ3v) is 5.24. The Kier molecular flexibility index (Phi) is 3.19. The summed E-state index contributed by atoms with van der Waals surface area (Å²) in [6.45, 7) is 0. The molecule has 0 amide bonds. The van der Waals surface area contributed by atoms with Crippen LogP contribution < -0.4 is 5.32 Å². The second-order valence-electron chi connectivity index (χ2n) is 5.10. The molecule has 1 fully saturated rings. The van der Waals surface area contributed by atoms with Crippen LogP contribution >= 0.6 is 0 Å². The number of anilines is 1. The molecule has 1 saturated heterocycles. The molecule has 17 heavy (non-hydrogen) atoms. The summed E-state index contributed by atoms with van der Waals surface area (Å²) in [5.74, 6) is 1.73. The molecule has 92 valence electrons. The minimum atomic E-state index is -0.559. The summed E-state index contributed by atoms with van der Waals surface area (Å²) in [6, 6.07) is 7.31. The van der Waals surface area contributed by atoms with E-state index in [1.807, 2.05) is 0 Å². The second kappa shape index (κ2) is 4.81. The summed E-state index contributed by atoms with van der Waals surface area (Å²) < 4.78 is 11.3. The lowest BCUT2D eigenvalue weighted by molar-refractivity contribution is 0.624. The number of rotatable bonds is 2. The molecule has 1 aliphatic carbocycles. The maximum Gasteiger partial charge on any atom is 0.0345 e. The summed E-state index contributed by atoms with van der Waals surface area (Å²) in [5, 5.41) is 3.60. The molecule has 2 aliphatic rings. The van der Waals surface area contributed by atoms with Gasteiger partial charge in [0.05, 0.1) is 0 Å². The van der Waals surface area contributed by atoms with E-state index in [0.29, 0.717) is 6.04 Å². The molecular formula is C14H19NOS. The van der Waals surface area contributed by atoms with Crippen molar-refractivity contribution in [1.82, 2.24) is 0 Å². The largest absolute Gasteiger partial charge is 0.382 e. The van der Waals surface area contributed by atoms with Gasteiger partial charge >= 0.3 is 0 Å². The minimum absolute atomic E-state index is 0.521. The SMILES string of the molecule is O=S1CCC(Nc2ccc3c(c2)CCC3)CC1. The lowest BCUT2D eigenvalue weighted by Crippen LogP contribution is -2.29. The van der Waals surface area contributed by atoms with Crippen LogP contribution in [0.4, 0.5) is 5.69 Å². The maximum atomic E-state index is 11.3. The van der Waals surface area contributed by atoms with Crippen LogP contribution in [-0.2, 0) is 23.6 Å². The van der Waals surface area contributed by atoms with Crippen molar-refractivity contribution in [1.29, 1.82) is 0 Å². The molecule has 3 heteroatoms. The van der Waals surface area contributed by atoms with Gasteiger partial charge in [-0.05, 0) is 55.4 Å². The van der Waals surface area contributed by atoms with Gasteiger partial charge in [-0.2, -0.15) is 0 Å². The zero-order valence-electron chi connectivity index (χ0n) is 10.1. The Morgan fingerprint density at radius 2 is 1.88 bits per heavy atom. The quantitative estimate of drug-likeness (QED) is 0.872. The van der Waals surface area contributed by atoms with Gasteiger partial charge in [0.25, 0.3) is 0 Å². The Bertz CT molecular complexity index is 434. The van der Waals surface area contributed by atoms with Crippen molar-refractivity contribution < 1.29 is 4.21 Å². The van der Waals surface area contributed by atoms with Crippen molar-refractivity contribution in [2.24, 2.45) is 0 Å². The first-order valence-electron chi connectivity index (χ1n) is 6.54. The van der Waals surface area contributed by atoms with Gasteiger partial charge in [0.1, 0.15) is 0 Å². The van der Waals surface area contributed by atoms with Crippen molar-refractivity contribution in [3.8, 4) is 0 Å². The number of hydrogen-bond donors (Lipinski definition) is 1. The standard InChI is InChI=1S/C14H19NOS/c16-17-8-6-13(7-9-17)15-14-5-4-11-2-1-3-12(11)10-14/h4-5,10,13,15H,1-3,6-9H2. The van der Waals surface area contributed by atoms with Crippen LogP contribution in [0.3, 0.4) is 0 Å². The van der Waals surface area contributed by atoms with Crippen LogP contribution in [0, 0.1) is 0 Å². The van der Waals surface area contributed by atoms with Crippen molar-refractivity contribution in [3.63, 3.8) is 0 Å². The molecule has 1 heterocycles. The lowest BCUT2D eigenvalue weighted by Gasteiger charge is -2.23. The van der Waals surface area contributed by atoms with Gasteiger partial charge in [-0.25, -0.2) is 0 Å². The van der Waals surface area contributed by atoms with Gasteiger partial charge in [0, 0.05) is 34.0 Å². The molecule has 0 saturated carbocycles. The minimum Gasteiger partial charge on any atom is -0.382 e. The van der Waals surface area contributed by atoms with Crippen LogP contribution in [0.15, 0.2) is 18.2 Å². The van der Waals surface area contributed by atoms with Crippen molar-refractivity contribution in [2.75, 3.05) is 16.8 Å². The van der Waals surface area contributed by atoms with E-state index in [0.717, 1.165) is 24.3 Å². The molecule has 3 rings (SSSR count). The maximum absolute atomic E-state index is 11.3. The highest BCUT2D eigenvalue weighted by molar-refractivity contribution is 7.85. The summed E-state index contributed by atoms with van der Waals surface area (Å²) in [7, 11) is -0.559. The predicted molar refractivity (Wildman–Crippen MR) is 73.0 cm³/mol. The number of benzene rings is 1. The summed E-state index contributed by atoms with van der Waals surface area (Å²) >= 11 is 0. The Morgan fingerprint density at radius 1 is 1.12 bits per heavy atom. The fourth-order valence-electron chi connectivity index (χ4n) is 2.84. The van der Waals surface area contributed by atoms with E-state index in [-0.39, 0.29) is 0 Å². The molecule has 1 aliphatic heterocycles. The van der Waals surface area contributed by atoms with Gasteiger partial charge in [-0.1, -0.05) is 6.07 Å². The molecule has 0 aromatic heterocycles. The lowest BCUT2D eigenvalue weighted by atomic mass is 10.1. The fraction of sp³-hybridized carbons (Fsp3) is 0.571. The summed E-state index contributed by atoms with van der Waals surface area (Å²) in [4.78, 5) is 0. The normalized spacial score (nSPS) is 27.8. The molecular weight excluding hydrogens is 230 g/mol. The number of aryl methyl sites for hydroxylation is 2. The number of nitrogens with one attached hydrogen (secondary N) is 1. The third kappa shape index (κ3) is 2.54. The fourth-order valence-corrected chi connectivity index (χ4v) is 4.13. The van der Waals surface area contributed by atoms with E-state index >= 15 is 0 Å². The van der Waals surface area contributed by atoms with Crippen molar-refractivity contribution in [3.05, 3.63) is 29.3 Å². The van der Waals surface area contributed by atoms with Crippen molar-refractivity contribution >= 4 is 16.5 Å². The van der Waals surface area contributed by atoms with Crippen LogP contribution in [0.2, 0.25) is 0 Å². The van der Waals surface area contributed by atoms with Crippen LogP contribution in [0.25, 0.3) is 0 Å². The highest BCUT2D eigenvalue weighted by Crippen LogP contribution is 2.26. The first-order chi connectivity index (χ1) is 8.31. The third-order valence-electron chi connectivity index (χ3n) is 3.86.